The number of hydrogen-bond acceptors (Lipinski definition) is 2. The van der Waals surface area contributed by atoms with Gasteiger partial charge in [0, 0.05) is 18.1 Å². The third-order valence-electron chi connectivity index (χ3n) is 5.64. The van der Waals surface area contributed by atoms with Gasteiger partial charge in [0.2, 0.25) is 0 Å². The van der Waals surface area contributed by atoms with Crippen molar-refractivity contribution in [1.29, 1.82) is 0 Å². The molecule has 0 amide bonds. The van der Waals surface area contributed by atoms with Gasteiger partial charge >= 0.3 is 0 Å². The molecule has 2 heteroatoms. The Morgan fingerprint density at radius 1 is 1.14 bits per heavy atom. The molecule has 1 aromatic rings. The highest BCUT2D eigenvalue weighted by molar-refractivity contribution is 5.21. The van der Waals surface area contributed by atoms with Crippen LogP contribution < -0.4 is 5.32 Å². The maximum absolute atomic E-state index is 3.73. The van der Waals surface area contributed by atoms with Crippen LogP contribution in [0, 0.1) is 5.92 Å². The lowest BCUT2D eigenvalue weighted by Crippen LogP contribution is -2.47. The van der Waals surface area contributed by atoms with Crippen molar-refractivity contribution in [1.82, 2.24) is 10.2 Å². The SMILES string of the molecule is CCNC(c1ccccc1)C(C)N1CCC2CCCCC21. The lowest BCUT2D eigenvalue weighted by molar-refractivity contribution is 0.116. The van der Waals surface area contributed by atoms with Crippen LogP contribution in [0.3, 0.4) is 0 Å². The van der Waals surface area contributed by atoms with Crippen LogP contribution in [0.15, 0.2) is 30.3 Å². The summed E-state index contributed by atoms with van der Waals surface area (Å²) in [6.07, 6.45) is 7.19. The van der Waals surface area contributed by atoms with Crippen LogP contribution in [0.4, 0.5) is 0 Å². The summed E-state index contributed by atoms with van der Waals surface area (Å²) >= 11 is 0. The average molecular weight is 286 g/mol. The normalized spacial score (nSPS) is 29.0. The summed E-state index contributed by atoms with van der Waals surface area (Å²) in [6, 6.07) is 12.9. The Bertz CT molecular complexity index is 430. The van der Waals surface area contributed by atoms with Crippen molar-refractivity contribution in [2.75, 3.05) is 13.1 Å². The minimum atomic E-state index is 0.455. The van der Waals surface area contributed by atoms with Gasteiger partial charge in [0.05, 0.1) is 0 Å². The van der Waals surface area contributed by atoms with Crippen molar-refractivity contribution in [3.05, 3.63) is 35.9 Å². The van der Waals surface area contributed by atoms with Crippen LogP contribution in [0.1, 0.15) is 57.6 Å². The van der Waals surface area contributed by atoms with E-state index in [1.165, 1.54) is 44.2 Å². The Labute approximate surface area is 129 Å². The zero-order valence-corrected chi connectivity index (χ0v) is 13.6. The molecule has 0 spiro atoms. The minimum absolute atomic E-state index is 0.455. The number of rotatable bonds is 5. The van der Waals surface area contributed by atoms with Crippen molar-refractivity contribution in [2.24, 2.45) is 5.92 Å². The Kier molecular flexibility index (Phi) is 4.97. The lowest BCUT2D eigenvalue weighted by atomic mass is 9.84. The second-order valence-electron chi connectivity index (χ2n) is 6.83. The highest BCUT2D eigenvalue weighted by Crippen LogP contribution is 2.39. The third-order valence-corrected chi connectivity index (χ3v) is 5.64. The quantitative estimate of drug-likeness (QED) is 0.880. The summed E-state index contributed by atoms with van der Waals surface area (Å²) in [5, 5.41) is 3.73. The first kappa shape index (κ1) is 15.1. The molecule has 2 fully saturated rings. The molecule has 1 aliphatic carbocycles. The highest BCUT2D eigenvalue weighted by Gasteiger charge is 2.39. The molecule has 116 valence electrons. The van der Waals surface area contributed by atoms with E-state index in [0.717, 1.165) is 18.5 Å². The number of likely N-dealkylation sites (N-methyl/N-ethyl adjacent to an activating group) is 1. The Morgan fingerprint density at radius 2 is 1.90 bits per heavy atom. The van der Waals surface area contributed by atoms with Gasteiger partial charge in [-0.05, 0) is 50.8 Å². The zero-order valence-electron chi connectivity index (χ0n) is 13.6. The molecule has 0 radical (unpaired) electrons. The van der Waals surface area contributed by atoms with E-state index in [2.05, 4.69) is 54.4 Å². The molecule has 1 N–H and O–H groups in total. The molecule has 1 aromatic carbocycles. The standard InChI is InChI=1S/C19H30N2/c1-3-20-19(17-10-5-4-6-11-17)15(2)21-14-13-16-9-7-8-12-18(16)21/h4-6,10-11,15-16,18-20H,3,7-9,12-14H2,1-2H3. The molecule has 21 heavy (non-hydrogen) atoms. The van der Waals surface area contributed by atoms with Gasteiger partial charge in [0.15, 0.2) is 0 Å². The van der Waals surface area contributed by atoms with Gasteiger partial charge < -0.3 is 5.32 Å². The average Bonchev–Trinajstić information content (AvgIpc) is 2.97. The molecule has 1 saturated heterocycles. The highest BCUT2D eigenvalue weighted by atomic mass is 15.2. The van der Waals surface area contributed by atoms with Gasteiger partial charge in [-0.2, -0.15) is 0 Å². The van der Waals surface area contributed by atoms with Crippen molar-refractivity contribution < 1.29 is 0 Å². The largest absolute Gasteiger partial charge is 0.309 e. The minimum Gasteiger partial charge on any atom is -0.309 e. The van der Waals surface area contributed by atoms with E-state index in [1.54, 1.807) is 0 Å². The summed E-state index contributed by atoms with van der Waals surface area (Å²) in [7, 11) is 0. The summed E-state index contributed by atoms with van der Waals surface area (Å²) in [5.41, 5.74) is 1.44. The van der Waals surface area contributed by atoms with Crippen LogP contribution in [-0.4, -0.2) is 30.1 Å². The molecule has 2 aliphatic rings. The van der Waals surface area contributed by atoms with Gasteiger partial charge in [-0.25, -0.2) is 0 Å². The summed E-state index contributed by atoms with van der Waals surface area (Å²) in [6.45, 7) is 6.98. The summed E-state index contributed by atoms with van der Waals surface area (Å²) < 4.78 is 0. The molecule has 0 aromatic heterocycles. The maximum atomic E-state index is 3.73. The fourth-order valence-electron chi connectivity index (χ4n) is 4.59. The molecule has 1 heterocycles. The van der Waals surface area contributed by atoms with Crippen LogP contribution >= 0.6 is 0 Å². The fraction of sp³-hybridized carbons (Fsp3) is 0.684. The van der Waals surface area contributed by atoms with Gasteiger partial charge in [-0.15, -0.1) is 0 Å². The predicted octanol–water partition coefficient (Wildman–Crippen LogP) is 3.99. The third kappa shape index (κ3) is 3.17. The molecule has 4 atom stereocenters. The number of likely N-dealkylation sites (tertiary alicyclic amines) is 1. The monoisotopic (exact) mass is 286 g/mol. The maximum Gasteiger partial charge on any atom is 0.0475 e. The van der Waals surface area contributed by atoms with E-state index in [1.807, 2.05) is 0 Å². The first-order valence-corrected chi connectivity index (χ1v) is 8.85. The molecule has 2 nitrogen and oxygen atoms in total. The second-order valence-corrected chi connectivity index (χ2v) is 6.83. The molecule has 0 bridgehead atoms. The Hall–Kier alpha value is -0.860. The molecule has 1 saturated carbocycles. The van der Waals surface area contributed by atoms with Gasteiger partial charge in [0.25, 0.3) is 0 Å². The van der Waals surface area contributed by atoms with Crippen LogP contribution in [-0.2, 0) is 0 Å². The van der Waals surface area contributed by atoms with Crippen molar-refractivity contribution >= 4 is 0 Å². The fourth-order valence-corrected chi connectivity index (χ4v) is 4.59. The van der Waals surface area contributed by atoms with Crippen molar-refractivity contribution in [3.8, 4) is 0 Å². The summed E-state index contributed by atoms with van der Waals surface area (Å²) in [4.78, 5) is 2.81. The van der Waals surface area contributed by atoms with E-state index < -0.39 is 0 Å². The number of hydrogen-bond donors (Lipinski definition) is 1. The number of fused-ring (bicyclic) bond motifs is 1. The first-order valence-electron chi connectivity index (χ1n) is 8.85. The Balaban J connectivity index is 1.76. The lowest BCUT2D eigenvalue weighted by Gasteiger charge is -2.39. The molecule has 4 unspecified atom stereocenters. The van der Waals surface area contributed by atoms with E-state index >= 15 is 0 Å². The number of nitrogens with zero attached hydrogens (tertiary/aromatic N) is 1. The zero-order chi connectivity index (χ0) is 14.7. The van der Waals surface area contributed by atoms with Crippen LogP contribution in [0.25, 0.3) is 0 Å². The van der Waals surface area contributed by atoms with Gasteiger partial charge in [-0.1, -0.05) is 50.1 Å². The predicted molar refractivity (Wildman–Crippen MR) is 89.4 cm³/mol. The van der Waals surface area contributed by atoms with Gasteiger partial charge in [-0.3, -0.25) is 4.90 Å². The van der Waals surface area contributed by atoms with E-state index in [0.29, 0.717) is 12.1 Å². The molecular formula is C19H30N2. The second kappa shape index (κ2) is 6.93. The van der Waals surface area contributed by atoms with Crippen LogP contribution in [0.5, 0.6) is 0 Å². The molecular weight excluding hydrogens is 256 g/mol. The molecule has 1 aliphatic heterocycles. The van der Waals surface area contributed by atoms with E-state index in [4.69, 9.17) is 0 Å². The number of nitrogens with one attached hydrogen (secondary N) is 1. The Morgan fingerprint density at radius 3 is 2.67 bits per heavy atom. The first-order chi connectivity index (χ1) is 10.3. The van der Waals surface area contributed by atoms with Crippen LogP contribution in [0.2, 0.25) is 0 Å². The van der Waals surface area contributed by atoms with E-state index in [-0.39, 0.29) is 0 Å². The topological polar surface area (TPSA) is 15.3 Å². The molecule has 3 rings (SSSR count). The van der Waals surface area contributed by atoms with E-state index in [9.17, 15) is 0 Å². The smallest absolute Gasteiger partial charge is 0.0475 e. The summed E-state index contributed by atoms with van der Waals surface area (Å²) in [5.74, 6) is 0.972. The van der Waals surface area contributed by atoms with Gasteiger partial charge in [0.1, 0.15) is 0 Å². The van der Waals surface area contributed by atoms with Crippen molar-refractivity contribution in [3.63, 3.8) is 0 Å². The van der Waals surface area contributed by atoms with Crippen molar-refractivity contribution in [2.45, 2.75) is 64.1 Å². The number of benzene rings is 1.